The molecule has 0 radical (unpaired) electrons. The summed E-state index contributed by atoms with van der Waals surface area (Å²) in [5, 5.41) is 2.15. The summed E-state index contributed by atoms with van der Waals surface area (Å²) < 4.78 is 1.00. The Labute approximate surface area is 132 Å². The van der Waals surface area contributed by atoms with Gasteiger partial charge in [0.05, 0.1) is 0 Å². The highest BCUT2D eigenvalue weighted by atomic mass is 79.9. The molecule has 0 heterocycles. The van der Waals surface area contributed by atoms with Crippen LogP contribution in [0.1, 0.15) is 21.5 Å². The van der Waals surface area contributed by atoms with Gasteiger partial charge in [0.2, 0.25) is 0 Å². The van der Waals surface area contributed by atoms with E-state index in [1.165, 1.54) is 0 Å². The van der Waals surface area contributed by atoms with Crippen LogP contribution >= 0.6 is 15.9 Å². The number of carbonyl (C=O) groups is 1. The zero-order chi connectivity index (χ0) is 14.8. The Morgan fingerprint density at radius 3 is 2.62 bits per heavy atom. The molecule has 0 spiro atoms. The summed E-state index contributed by atoms with van der Waals surface area (Å²) in [4.78, 5) is 12.7. The van der Waals surface area contributed by atoms with E-state index >= 15 is 0 Å². The van der Waals surface area contributed by atoms with Crippen LogP contribution in [0.4, 0.5) is 0 Å². The quantitative estimate of drug-likeness (QED) is 0.589. The largest absolute Gasteiger partial charge is 0.294 e. The van der Waals surface area contributed by atoms with Crippen LogP contribution in [-0.4, -0.2) is 5.78 Å². The van der Waals surface area contributed by atoms with Crippen LogP contribution < -0.4 is 0 Å². The molecule has 0 N–H and O–H groups in total. The van der Waals surface area contributed by atoms with Crippen LogP contribution in [0, 0.1) is 6.92 Å². The highest BCUT2D eigenvalue weighted by Gasteiger charge is 2.13. The number of fused-ring (bicyclic) bond motifs is 1. The van der Waals surface area contributed by atoms with Crippen molar-refractivity contribution in [1.82, 2.24) is 0 Å². The predicted molar refractivity (Wildman–Crippen MR) is 90.9 cm³/mol. The fourth-order valence-electron chi connectivity index (χ4n) is 2.67. The number of rotatable bonds is 3. The first kappa shape index (κ1) is 14.0. The third kappa shape index (κ3) is 2.91. The highest BCUT2D eigenvalue weighted by molar-refractivity contribution is 9.10. The summed E-state index contributed by atoms with van der Waals surface area (Å²) in [5.41, 5.74) is 2.91. The van der Waals surface area contributed by atoms with Gasteiger partial charge in [0.25, 0.3) is 0 Å². The second kappa shape index (κ2) is 5.82. The van der Waals surface area contributed by atoms with Gasteiger partial charge in [-0.05, 0) is 41.0 Å². The number of benzene rings is 3. The van der Waals surface area contributed by atoms with Crippen LogP contribution in [0.3, 0.4) is 0 Å². The zero-order valence-electron chi connectivity index (χ0n) is 11.8. The molecule has 0 atom stereocenters. The van der Waals surface area contributed by atoms with Crippen molar-refractivity contribution >= 4 is 32.5 Å². The third-order valence-electron chi connectivity index (χ3n) is 3.67. The topological polar surface area (TPSA) is 17.1 Å². The lowest BCUT2D eigenvalue weighted by atomic mass is 9.93. The predicted octanol–water partition coefficient (Wildman–Crippen LogP) is 5.34. The van der Waals surface area contributed by atoms with E-state index in [9.17, 15) is 4.79 Å². The molecule has 104 valence electrons. The maximum atomic E-state index is 12.7. The summed E-state index contributed by atoms with van der Waals surface area (Å²) in [6.07, 6.45) is 0.425. The molecule has 3 rings (SSSR count). The zero-order valence-corrected chi connectivity index (χ0v) is 13.4. The average Bonchev–Trinajstić information content (AvgIpc) is 2.47. The Morgan fingerprint density at radius 2 is 1.81 bits per heavy atom. The Bertz CT molecular complexity index is 821. The van der Waals surface area contributed by atoms with E-state index in [0.29, 0.717) is 6.42 Å². The molecule has 3 aromatic carbocycles. The number of aryl methyl sites for hydroxylation is 1. The first-order chi connectivity index (χ1) is 10.1. The smallest absolute Gasteiger partial charge is 0.168 e. The minimum Gasteiger partial charge on any atom is -0.294 e. The van der Waals surface area contributed by atoms with Gasteiger partial charge in [-0.2, -0.15) is 0 Å². The monoisotopic (exact) mass is 338 g/mol. The summed E-state index contributed by atoms with van der Waals surface area (Å²) in [7, 11) is 0. The normalized spacial score (nSPS) is 10.8. The molecule has 0 aliphatic carbocycles. The molecular weight excluding hydrogens is 324 g/mol. The molecule has 0 aliphatic heterocycles. The molecule has 0 aliphatic rings. The standard InChI is InChI=1S/C19H15BrO/c1-13-9-10-15-6-2-3-8-17(15)19(13)18(21)12-14-5-4-7-16(20)11-14/h2-11H,12H2,1H3. The molecular formula is C19H15BrO. The molecule has 0 saturated carbocycles. The second-order valence-electron chi connectivity index (χ2n) is 5.21. The van der Waals surface area contributed by atoms with Gasteiger partial charge in [0, 0.05) is 16.5 Å². The summed E-state index contributed by atoms with van der Waals surface area (Å²) in [5.74, 6) is 0.169. The van der Waals surface area contributed by atoms with Crippen molar-refractivity contribution in [2.45, 2.75) is 13.3 Å². The minimum absolute atomic E-state index is 0.169. The van der Waals surface area contributed by atoms with Gasteiger partial charge in [-0.15, -0.1) is 0 Å². The van der Waals surface area contributed by atoms with E-state index in [4.69, 9.17) is 0 Å². The first-order valence-corrected chi connectivity index (χ1v) is 7.70. The summed E-state index contributed by atoms with van der Waals surface area (Å²) in [6.45, 7) is 2.00. The molecule has 0 amide bonds. The van der Waals surface area contributed by atoms with Gasteiger partial charge in [-0.25, -0.2) is 0 Å². The van der Waals surface area contributed by atoms with E-state index < -0.39 is 0 Å². The molecule has 0 unspecified atom stereocenters. The van der Waals surface area contributed by atoms with Crippen LogP contribution in [0.25, 0.3) is 10.8 Å². The van der Waals surface area contributed by atoms with Crippen molar-refractivity contribution in [3.63, 3.8) is 0 Å². The molecule has 1 nitrogen and oxygen atoms in total. The Balaban J connectivity index is 2.03. The van der Waals surface area contributed by atoms with Gasteiger partial charge in [0.1, 0.15) is 0 Å². The van der Waals surface area contributed by atoms with Gasteiger partial charge >= 0.3 is 0 Å². The second-order valence-corrected chi connectivity index (χ2v) is 6.12. The summed E-state index contributed by atoms with van der Waals surface area (Å²) in [6, 6.07) is 20.1. The van der Waals surface area contributed by atoms with Crippen molar-refractivity contribution in [3.8, 4) is 0 Å². The van der Waals surface area contributed by atoms with Crippen molar-refractivity contribution in [2.24, 2.45) is 0 Å². The Hall–Kier alpha value is -1.93. The van der Waals surface area contributed by atoms with Crippen LogP contribution in [0.2, 0.25) is 0 Å². The minimum atomic E-state index is 0.169. The van der Waals surface area contributed by atoms with Gasteiger partial charge in [-0.1, -0.05) is 64.5 Å². The lowest BCUT2D eigenvalue weighted by Gasteiger charge is -2.10. The van der Waals surface area contributed by atoms with Crippen LogP contribution in [0.15, 0.2) is 65.1 Å². The van der Waals surface area contributed by atoms with Crippen molar-refractivity contribution in [3.05, 3.63) is 81.8 Å². The number of hydrogen-bond donors (Lipinski definition) is 0. The maximum Gasteiger partial charge on any atom is 0.168 e. The third-order valence-corrected chi connectivity index (χ3v) is 4.16. The molecule has 0 fully saturated rings. The lowest BCUT2D eigenvalue weighted by molar-refractivity contribution is 0.0994. The molecule has 0 saturated heterocycles. The SMILES string of the molecule is Cc1ccc2ccccc2c1C(=O)Cc1cccc(Br)c1. The van der Waals surface area contributed by atoms with E-state index in [2.05, 4.69) is 22.0 Å². The van der Waals surface area contributed by atoms with Crippen LogP contribution in [0.5, 0.6) is 0 Å². The lowest BCUT2D eigenvalue weighted by Crippen LogP contribution is -2.06. The number of Topliss-reactive ketones (excluding diaryl/α,β-unsaturated/α-hetero) is 1. The van der Waals surface area contributed by atoms with E-state index in [1.54, 1.807) is 0 Å². The van der Waals surface area contributed by atoms with Crippen molar-refractivity contribution < 1.29 is 4.79 Å². The highest BCUT2D eigenvalue weighted by Crippen LogP contribution is 2.24. The first-order valence-electron chi connectivity index (χ1n) is 6.91. The van der Waals surface area contributed by atoms with E-state index in [1.807, 2.05) is 61.5 Å². The number of carbonyl (C=O) groups excluding carboxylic acids is 1. The van der Waals surface area contributed by atoms with E-state index in [-0.39, 0.29) is 5.78 Å². The van der Waals surface area contributed by atoms with Crippen molar-refractivity contribution in [2.75, 3.05) is 0 Å². The molecule has 3 aromatic rings. The van der Waals surface area contributed by atoms with Crippen LogP contribution in [-0.2, 0) is 6.42 Å². The molecule has 0 bridgehead atoms. The summed E-state index contributed by atoms with van der Waals surface area (Å²) >= 11 is 3.45. The van der Waals surface area contributed by atoms with Crippen molar-refractivity contribution in [1.29, 1.82) is 0 Å². The number of halogens is 1. The molecule has 0 aromatic heterocycles. The Morgan fingerprint density at radius 1 is 1.00 bits per heavy atom. The van der Waals surface area contributed by atoms with E-state index in [0.717, 1.165) is 31.9 Å². The molecule has 21 heavy (non-hydrogen) atoms. The fraction of sp³-hybridized carbons (Fsp3) is 0.105. The fourth-order valence-corrected chi connectivity index (χ4v) is 3.12. The Kier molecular flexibility index (Phi) is 3.89. The number of hydrogen-bond acceptors (Lipinski definition) is 1. The number of ketones is 1. The average molecular weight is 339 g/mol. The maximum absolute atomic E-state index is 12.7. The van der Waals surface area contributed by atoms with Gasteiger partial charge < -0.3 is 0 Å². The van der Waals surface area contributed by atoms with Gasteiger partial charge in [0.15, 0.2) is 5.78 Å². The van der Waals surface area contributed by atoms with Gasteiger partial charge in [-0.3, -0.25) is 4.79 Å². The molecule has 2 heteroatoms.